The lowest BCUT2D eigenvalue weighted by atomic mass is 10.1. The average molecular weight is 287 g/mol. The Morgan fingerprint density at radius 1 is 1.19 bits per heavy atom. The zero-order valence-electron chi connectivity index (χ0n) is 12.3. The summed E-state index contributed by atoms with van der Waals surface area (Å²) in [5.74, 6) is -0.230. The molecular formula is C17H18FNO2. The molecule has 0 heterocycles. The van der Waals surface area contributed by atoms with Crippen LogP contribution in [0.4, 0.5) is 4.39 Å². The summed E-state index contributed by atoms with van der Waals surface area (Å²) < 4.78 is 19.2. The predicted octanol–water partition coefficient (Wildman–Crippen LogP) is 3.63. The number of nitrogens with one attached hydrogen (secondary N) is 1. The molecule has 0 aromatic heterocycles. The maximum Gasteiger partial charge on any atom is 0.254 e. The van der Waals surface area contributed by atoms with E-state index in [1.807, 2.05) is 31.2 Å². The first-order valence-electron chi connectivity index (χ1n) is 6.73. The molecule has 1 N–H and O–H groups in total. The average Bonchev–Trinajstić information content (AvgIpc) is 2.49. The topological polar surface area (TPSA) is 38.3 Å². The largest absolute Gasteiger partial charge is 0.496 e. The molecule has 0 aliphatic heterocycles. The monoisotopic (exact) mass is 287 g/mol. The van der Waals surface area contributed by atoms with Gasteiger partial charge < -0.3 is 10.1 Å². The minimum absolute atomic E-state index is 0.0525. The van der Waals surface area contributed by atoms with Gasteiger partial charge in [0, 0.05) is 5.56 Å². The quantitative estimate of drug-likeness (QED) is 0.932. The van der Waals surface area contributed by atoms with Gasteiger partial charge in [0.05, 0.1) is 18.7 Å². The Balaban J connectivity index is 2.21. The maximum atomic E-state index is 14.0. The summed E-state index contributed by atoms with van der Waals surface area (Å²) in [6, 6.07) is 11.9. The van der Waals surface area contributed by atoms with Gasteiger partial charge in [0.1, 0.15) is 11.6 Å². The Labute approximate surface area is 123 Å². The van der Waals surface area contributed by atoms with E-state index in [0.29, 0.717) is 11.3 Å². The SMILES string of the molecule is COc1ccccc1C(C)NC(=O)c1cccc(C)c1F. The molecule has 3 nitrogen and oxygen atoms in total. The van der Waals surface area contributed by atoms with Crippen LogP contribution in [0.25, 0.3) is 0 Å². The summed E-state index contributed by atoms with van der Waals surface area (Å²) in [7, 11) is 1.58. The number of aryl methyl sites for hydroxylation is 1. The molecule has 110 valence electrons. The second-order valence-electron chi connectivity index (χ2n) is 4.87. The fraction of sp³-hybridized carbons (Fsp3) is 0.235. The van der Waals surface area contributed by atoms with E-state index < -0.39 is 11.7 Å². The number of benzene rings is 2. The van der Waals surface area contributed by atoms with Gasteiger partial charge in [-0.1, -0.05) is 30.3 Å². The van der Waals surface area contributed by atoms with Gasteiger partial charge in [-0.05, 0) is 31.5 Å². The van der Waals surface area contributed by atoms with Gasteiger partial charge in [0.25, 0.3) is 5.91 Å². The highest BCUT2D eigenvalue weighted by atomic mass is 19.1. The van der Waals surface area contributed by atoms with Gasteiger partial charge in [0.2, 0.25) is 0 Å². The number of amides is 1. The first-order valence-corrected chi connectivity index (χ1v) is 6.73. The van der Waals surface area contributed by atoms with Crippen LogP contribution in [0.15, 0.2) is 42.5 Å². The molecule has 1 unspecified atom stereocenters. The van der Waals surface area contributed by atoms with Crippen LogP contribution in [-0.4, -0.2) is 13.0 Å². The van der Waals surface area contributed by atoms with Gasteiger partial charge in [-0.3, -0.25) is 4.79 Å². The van der Waals surface area contributed by atoms with Crippen LogP contribution in [0.3, 0.4) is 0 Å². The number of carbonyl (C=O) groups excluding carboxylic acids is 1. The zero-order valence-corrected chi connectivity index (χ0v) is 12.3. The maximum absolute atomic E-state index is 14.0. The number of halogens is 1. The van der Waals surface area contributed by atoms with E-state index in [9.17, 15) is 9.18 Å². The lowest BCUT2D eigenvalue weighted by Crippen LogP contribution is -2.27. The first-order chi connectivity index (χ1) is 10.0. The first kappa shape index (κ1) is 15.0. The van der Waals surface area contributed by atoms with Crippen molar-refractivity contribution < 1.29 is 13.9 Å². The molecule has 0 spiro atoms. The number of methoxy groups -OCH3 is 1. The molecule has 4 heteroatoms. The van der Waals surface area contributed by atoms with Crippen LogP contribution >= 0.6 is 0 Å². The van der Waals surface area contributed by atoms with E-state index in [-0.39, 0.29) is 11.6 Å². The Kier molecular flexibility index (Phi) is 4.58. The van der Waals surface area contributed by atoms with Crippen LogP contribution in [0, 0.1) is 12.7 Å². The van der Waals surface area contributed by atoms with E-state index >= 15 is 0 Å². The molecule has 2 rings (SSSR count). The highest BCUT2D eigenvalue weighted by molar-refractivity contribution is 5.95. The van der Waals surface area contributed by atoms with Crippen LogP contribution in [0.1, 0.15) is 34.5 Å². The molecule has 0 aliphatic carbocycles. The Morgan fingerprint density at radius 2 is 1.90 bits per heavy atom. The summed E-state index contributed by atoms with van der Waals surface area (Å²) in [5, 5.41) is 2.80. The fourth-order valence-corrected chi connectivity index (χ4v) is 2.20. The van der Waals surface area contributed by atoms with Crippen molar-refractivity contribution in [1.29, 1.82) is 0 Å². The van der Waals surface area contributed by atoms with Gasteiger partial charge in [-0.15, -0.1) is 0 Å². The summed E-state index contributed by atoms with van der Waals surface area (Å²) >= 11 is 0. The molecule has 2 aromatic carbocycles. The number of carbonyl (C=O) groups is 1. The van der Waals surface area contributed by atoms with Crippen molar-refractivity contribution in [3.63, 3.8) is 0 Å². The van der Waals surface area contributed by atoms with Crippen LogP contribution < -0.4 is 10.1 Å². The molecule has 21 heavy (non-hydrogen) atoms. The van der Waals surface area contributed by atoms with Crippen molar-refractivity contribution in [2.45, 2.75) is 19.9 Å². The predicted molar refractivity (Wildman–Crippen MR) is 80.0 cm³/mol. The third kappa shape index (κ3) is 3.21. The molecule has 0 aliphatic rings. The number of hydrogen-bond acceptors (Lipinski definition) is 2. The highest BCUT2D eigenvalue weighted by Gasteiger charge is 2.17. The summed E-state index contributed by atoms with van der Waals surface area (Å²) in [6.07, 6.45) is 0. The third-order valence-electron chi connectivity index (χ3n) is 3.39. The van der Waals surface area contributed by atoms with Crippen molar-refractivity contribution in [3.8, 4) is 5.75 Å². The number of rotatable bonds is 4. The highest BCUT2D eigenvalue weighted by Crippen LogP contribution is 2.24. The van der Waals surface area contributed by atoms with Gasteiger partial charge in [0.15, 0.2) is 0 Å². The van der Waals surface area contributed by atoms with Crippen LogP contribution in [0.5, 0.6) is 5.75 Å². The standard InChI is InChI=1S/C17H18FNO2/c1-11-7-6-9-14(16(11)18)17(20)19-12(2)13-8-4-5-10-15(13)21-3/h4-10,12H,1-3H3,(H,19,20). The molecular weight excluding hydrogens is 269 g/mol. The van der Waals surface area contributed by atoms with Crippen molar-refractivity contribution in [2.24, 2.45) is 0 Å². The van der Waals surface area contributed by atoms with Crippen molar-refractivity contribution in [2.75, 3.05) is 7.11 Å². The van der Waals surface area contributed by atoms with Crippen molar-refractivity contribution >= 4 is 5.91 Å². The van der Waals surface area contributed by atoms with Gasteiger partial charge in [-0.2, -0.15) is 0 Å². The molecule has 1 amide bonds. The summed E-state index contributed by atoms with van der Waals surface area (Å²) in [5.41, 5.74) is 1.35. The van der Waals surface area contributed by atoms with E-state index in [1.165, 1.54) is 6.07 Å². The molecule has 0 saturated carbocycles. The number of para-hydroxylation sites is 1. The lowest BCUT2D eigenvalue weighted by Gasteiger charge is -2.17. The van der Waals surface area contributed by atoms with E-state index in [4.69, 9.17) is 4.74 Å². The Hall–Kier alpha value is -2.36. The molecule has 0 fully saturated rings. The molecule has 1 atom stereocenters. The number of ether oxygens (including phenoxy) is 1. The van der Waals surface area contributed by atoms with Crippen molar-refractivity contribution in [3.05, 3.63) is 65.0 Å². The second-order valence-corrected chi connectivity index (χ2v) is 4.87. The summed E-state index contributed by atoms with van der Waals surface area (Å²) in [4.78, 5) is 12.2. The fourth-order valence-electron chi connectivity index (χ4n) is 2.20. The van der Waals surface area contributed by atoms with Gasteiger partial charge in [-0.25, -0.2) is 4.39 Å². The second kappa shape index (κ2) is 6.39. The molecule has 0 radical (unpaired) electrons. The van der Waals surface area contributed by atoms with Crippen LogP contribution in [-0.2, 0) is 0 Å². The Bertz CT molecular complexity index is 655. The molecule has 2 aromatic rings. The number of hydrogen-bond donors (Lipinski definition) is 1. The van der Waals surface area contributed by atoms with E-state index in [1.54, 1.807) is 26.2 Å². The van der Waals surface area contributed by atoms with Gasteiger partial charge >= 0.3 is 0 Å². The zero-order chi connectivity index (χ0) is 15.4. The third-order valence-corrected chi connectivity index (χ3v) is 3.39. The lowest BCUT2D eigenvalue weighted by molar-refractivity contribution is 0.0935. The smallest absolute Gasteiger partial charge is 0.254 e. The van der Waals surface area contributed by atoms with E-state index in [0.717, 1.165) is 5.56 Å². The van der Waals surface area contributed by atoms with Crippen molar-refractivity contribution in [1.82, 2.24) is 5.32 Å². The minimum Gasteiger partial charge on any atom is -0.496 e. The molecule has 0 saturated heterocycles. The minimum atomic E-state index is -0.484. The van der Waals surface area contributed by atoms with Crippen LogP contribution in [0.2, 0.25) is 0 Å². The normalized spacial score (nSPS) is 11.8. The van der Waals surface area contributed by atoms with E-state index in [2.05, 4.69) is 5.32 Å². The molecule has 0 bridgehead atoms. The summed E-state index contributed by atoms with van der Waals surface area (Å²) in [6.45, 7) is 3.47. The Morgan fingerprint density at radius 3 is 2.62 bits per heavy atom.